The predicted octanol–water partition coefficient (Wildman–Crippen LogP) is 13.5. The van der Waals surface area contributed by atoms with Crippen molar-refractivity contribution in [2.45, 2.75) is 94.9 Å². The summed E-state index contributed by atoms with van der Waals surface area (Å²) in [6.45, 7) is 24.4. The summed E-state index contributed by atoms with van der Waals surface area (Å²) < 4.78 is 0. The molecule has 0 bridgehead atoms. The molecule has 59 heavy (non-hydrogen) atoms. The number of nitrogens with two attached hydrogens (primary N) is 1. The molecule has 7 heteroatoms. The van der Waals surface area contributed by atoms with Crippen molar-refractivity contribution in [2.24, 2.45) is 15.0 Å². The van der Waals surface area contributed by atoms with Crippen LogP contribution in [0.4, 0.5) is 22.7 Å². The van der Waals surface area contributed by atoms with Crippen molar-refractivity contribution < 1.29 is 4.79 Å². The lowest BCUT2D eigenvalue weighted by Crippen LogP contribution is -2.05. The molecule has 0 aliphatic carbocycles. The van der Waals surface area contributed by atoms with Crippen LogP contribution in [0.3, 0.4) is 0 Å². The average molecular weight is 785 g/mol. The molecule has 0 aliphatic heterocycles. The van der Waals surface area contributed by atoms with Gasteiger partial charge in [-0.25, -0.2) is 9.97 Å². The second-order valence-electron chi connectivity index (χ2n) is 15.4. The number of aliphatic imine (C=N–C) groups is 3. The zero-order valence-electron chi connectivity index (χ0n) is 36.9. The molecular formula is C52H60N6O. The van der Waals surface area contributed by atoms with Crippen LogP contribution in [0.15, 0.2) is 136 Å². The van der Waals surface area contributed by atoms with E-state index in [4.69, 9.17) is 20.7 Å². The average Bonchev–Trinajstić information content (AvgIpc) is 3.21. The van der Waals surface area contributed by atoms with Crippen LogP contribution in [0.25, 0.3) is 0 Å². The SMILES string of the molecule is CC(=Nc1ccccc1C(C)C)c1cccc(C(C)=Nc2c(C)cccc2C)n1.CC(=O)c1cccc(C(C)=Nc2c(C)cccc2C)n1.CC(C)c1ccccc1N. The van der Waals surface area contributed by atoms with Gasteiger partial charge in [0.1, 0.15) is 5.69 Å². The fourth-order valence-corrected chi connectivity index (χ4v) is 6.44. The fraction of sp³-hybridized carbons (Fsp3) is 0.269. The molecule has 0 aliphatic rings. The van der Waals surface area contributed by atoms with Crippen molar-refractivity contribution in [3.05, 3.63) is 177 Å². The first-order chi connectivity index (χ1) is 28.1. The summed E-state index contributed by atoms with van der Waals surface area (Å²) in [4.78, 5) is 35.0. The van der Waals surface area contributed by atoms with E-state index in [1.807, 2.05) is 107 Å². The molecule has 6 rings (SSSR count). The number of hydrogen-bond acceptors (Lipinski definition) is 7. The number of ketones is 1. The topological polar surface area (TPSA) is 106 Å². The number of rotatable bonds is 9. The maximum absolute atomic E-state index is 11.4. The molecule has 4 aromatic carbocycles. The van der Waals surface area contributed by atoms with Gasteiger partial charge < -0.3 is 5.73 Å². The smallest absolute Gasteiger partial charge is 0.178 e. The van der Waals surface area contributed by atoms with Crippen LogP contribution >= 0.6 is 0 Å². The van der Waals surface area contributed by atoms with Crippen molar-refractivity contribution >= 4 is 45.7 Å². The van der Waals surface area contributed by atoms with Gasteiger partial charge >= 0.3 is 0 Å². The minimum atomic E-state index is -0.0354. The Morgan fingerprint density at radius 2 is 0.814 bits per heavy atom. The first kappa shape index (κ1) is 45.4. The van der Waals surface area contributed by atoms with Crippen molar-refractivity contribution in [2.75, 3.05) is 5.73 Å². The fourth-order valence-electron chi connectivity index (χ4n) is 6.44. The summed E-state index contributed by atoms with van der Waals surface area (Å²) in [6.07, 6.45) is 0. The lowest BCUT2D eigenvalue weighted by atomic mass is 10.0. The van der Waals surface area contributed by atoms with E-state index in [-0.39, 0.29) is 5.78 Å². The number of para-hydroxylation sites is 4. The molecule has 2 heterocycles. The Labute approximate surface area is 352 Å². The Bertz CT molecular complexity index is 2430. The Balaban J connectivity index is 0.000000220. The second-order valence-corrected chi connectivity index (χ2v) is 15.4. The van der Waals surface area contributed by atoms with Crippen molar-refractivity contribution in [1.82, 2.24) is 9.97 Å². The van der Waals surface area contributed by atoms with Gasteiger partial charge in [0.25, 0.3) is 0 Å². The number of pyridine rings is 2. The number of nitrogens with zero attached hydrogens (tertiary/aromatic N) is 5. The van der Waals surface area contributed by atoms with Crippen LogP contribution in [-0.2, 0) is 0 Å². The quantitative estimate of drug-likeness (QED) is 0.0895. The molecule has 0 saturated carbocycles. The number of Topliss-reactive ketones (excluding diaryl/α,β-unsaturated/α-hetero) is 1. The Kier molecular flexibility index (Phi) is 16.5. The molecule has 0 unspecified atom stereocenters. The number of carbonyl (C=O) groups excluding carboxylic acids is 1. The van der Waals surface area contributed by atoms with E-state index in [0.29, 0.717) is 17.5 Å². The van der Waals surface area contributed by atoms with Gasteiger partial charge in [-0.2, -0.15) is 0 Å². The van der Waals surface area contributed by atoms with E-state index in [0.717, 1.165) is 68.1 Å². The van der Waals surface area contributed by atoms with Crippen LogP contribution in [-0.4, -0.2) is 32.9 Å². The number of benzene rings is 4. The molecule has 0 spiro atoms. The minimum Gasteiger partial charge on any atom is -0.398 e. The van der Waals surface area contributed by atoms with Crippen LogP contribution in [0, 0.1) is 27.7 Å². The molecule has 6 aromatic rings. The zero-order valence-corrected chi connectivity index (χ0v) is 36.9. The highest BCUT2D eigenvalue weighted by atomic mass is 16.1. The maximum Gasteiger partial charge on any atom is 0.178 e. The van der Waals surface area contributed by atoms with Gasteiger partial charge in [-0.05, 0) is 130 Å². The van der Waals surface area contributed by atoms with Crippen molar-refractivity contribution in [3.8, 4) is 0 Å². The maximum atomic E-state index is 11.4. The number of aromatic nitrogens is 2. The first-order valence-electron chi connectivity index (χ1n) is 20.2. The van der Waals surface area contributed by atoms with Crippen molar-refractivity contribution in [1.29, 1.82) is 0 Å². The third kappa shape index (κ3) is 12.8. The van der Waals surface area contributed by atoms with Crippen molar-refractivity contribution in [3.63, 3.8) is 0 Å². The van der Waals surface area contributed by atoms with Gasteiger partial charge in [-0.15, -0.1) is 0 Å². The molecule has 0 saturated heterocycles. The summed E-state index contributed by atoms with van der Waals surface area (Å²) in [6, 6.07) is 40.1. The van der Waals surface area contributed by atoms with Gasteiger partial charge in [-0.3, -0.25) is 19.8 Å². The number of carbonyl (C=O) groups is 1. The van der Waals surface area contributed by atoms with E-state index in [9.17, 15) is 4.79 Å². The second kappa shape index (κ2) is 21.4. The van der Waals surface area contributed by atoms with E-state index in [1.165, 1.54) is 29.2 Å². The summed E-state index contributed by atoms with van der Waals surface area (Å²) in [5, 5.41) is 0. The number of anilines is 1. The van der Waals surface area contributed by atoms with E-state index >= 15 is 0 Å². The van der Waals surface area contributed by atoms with E-state index in [2.05, 4.69) is 94.0 Å². The predicted molar refractivity (Wildman–Crippen MR) is 251 cm³/mol. The highest BCUT2D eigenvalue weighted by molar-refractivity contribution is 6.03. The molecule has 304 valence electrons. The Morgan fingerprint density at radius 1 is 0.458 bits per heavy atom. The lowest BCUT2D eigenvalue weighted by molar-refractivity contribution is 0.101. The standard InChI is InChI=1S/C26H29N3.C17H18N2O.C9H13N/c1-17(2)22-13-7-8-14-25(22)27-20(5)23-15-10-16-24(29-23)21(6)28-26-18(3)11-9-12-19(26)4;1-11-7-5-8-12(2)17(11)18-13(3)15-9-6-10-16(19-15)14(4)20;1-7(2)8-5-3-4-6-9(8)10/h7-17H,1-6H3;5-10H,1-4H3;3-7H,10H2,1-2H3. The number of hydrogen-bond donors (Lipinski definition) is 1. The third-order valence-corrected chi connectivity index (χ3v) is 9.87. The van der Waals surface area contributed by atoms with Gasteiger partial charge in [0.2, 0.25) is 0 Å². The van der Waals surface area contributed by atoms with Gasteiger partial charge in [0, 0.05) is 12.6 Å². The highest BCUT2D eigenvalue weighted by Gasteiger charge is 2.10. The van der Waals surface area contributed by atoms with Gasteiger partial charge in [0.15, 0.2) is 5.78 Å². The molecular weight excluding hydrogens is 725 g/mol. The van der Waals surface area contributed by atoms with Gasteiger partial charge in [-0.1, -0.05) is 113 Å². The minimum absolute atomic E-state index is 0.0354. The van der Waals surface area contributed by atoms with Crippen LogP contribution in [0.2, 0.25) is 0 Å². The molecule has 0 amide bonds. The lowest BCUT2D eigenvalue weighted by Gasteiger charge is -2.10. The molecule has 7 nitrogen and oxygen atoms in total. The molecule has 0 atom stereocenters. The first-order valence-corrected chi connectivity index (χ1v) is 20.2. The number of nitrogen functional groups attached to an aromatic ring is 1. The molecule has 0 radical (unpaired) electrons. The molecule has 2 aromatic heterocycles. The summed E-state index contributed by atoms with van der Waals surface area (Å²) >= 11 is 0. The highest BCUT2D eigenvalue weighted by Crippen LogP contribution is 2.28. The molecule has 0 fully saturated rings. The van der Waals surface area contributed by atoms with E-state index in [1.54, 1.807) is 6.07 Å². The van der Waals surface area contributed by atoms with Gasteiger partial charge in [0.05, 0.1) is 51.3 Å². The van der Waals surface area contributed by atoms with E-state index < -0.39 is 0 Å². The summed E-state index contributed by atoms with van der Waals surface area (Å²) in [5.74, 6) is 0.918. The Hall–Kier alpha value is -6.34. The zero-order chi connectivity index (χ0) is 43.2. The number of aryl methyl sites for hydroxylation is 4. The molecule has 2 N–H and O–H groups in total. The largest absolute Gasteiger partial charge is 0.398 e. The summed E-state index contributed by atoms with van der Waals surface area (Å²) in [5.41, 5.74) is 22.3. The third-order valence-electron chi connectivity index (χ3n) is 9.87. The van der Waals surface area contributed by atoms with Crippen LogP contribution < -0.4 is 5.73 Å². The normalized spacial score (nSPS) is 11.8. The summed E-state index contributed by atoms with van der Waals surface area (Å²) in [7, 11) is 0. The Morgan fingerprint density at radius 3 is 1.22 bits per heavy atom. The van der Waals surface area contributed by atoms with Crippen LogP contribution in [0.1, 0.15) is 128 Å². The van der Waals surface area contributed by atoms with Crippen LogP contribution in [0.5, 0.6) is 0 Å². The monoisotopic (exact) mass is 784 g/mol.